The van der Waals surface area contributed by atoms with Crippen molar-refractivity contribution in [2.75, 3.05) is 13.2 Å². The Kier molecular flexibility index (Phi) is 8.26. The van der Waals surface area contributed by atoms with E-state index in [1.54, 1.807) is 6.08 Å². The molecule has 0 saturated heterocycles. The number of hydrogen-bond acceptors (Lipinski definition) is 4. The van der Waals surface area contributed by atoms with Crippen LogP contribution in [0.4, 0.5) is 0 Å². The predicted octanol–water partition coefficient (Wildman–Crippen LogP) is 4.14. The van der Waals surface area contributed by atoms with Crippen LogP contribution in [-0.4, -0.2) is 30.3 Å². The van der Waals surface area contributed by atoms with E-state index in [9.17, 15) is 9.90 Å². The molecule has 2 N–H and O–H groups in total. The van der Waals surface area contributed by atoms with Crippen molar-refractivity contribution in [2.45, 2.75) is 19.6 Å². The minimum Gasteiger partial charge on any atom is -0.491 e. The number of hydrogen-bond donors (Lipinski definition) is 2. The smallest absolute Gasteiger partial charge is 0.244 e. The molecule has 160 valence electrons. The van der Waals surface area contributed by atoms with Crippen LogP contribution in [0.3, 0.4) is 0 Å². The standard InChI is InChI=1S/C26H27NO4/c1-20-7-5-6-10-25(20)31-19-23(28)17-27-26(29)16-13-21-11-14-24(15-12-21)30-18-22-8-3-2-4-9-22/h2-16,23,28H,17-19H2,1H3,(H,27,29)/b16-13+. The number of carbonyl (C=O) groups is 1. The molecule has 3 aromatic rings. The molecule has 3 rings (SSSR count). The summed E-state index contributed by atoms with van der Waals surface area (Å²) in [5.74, 6) is 1.21. The van der Waals surface area contributed by atoms with Gasteiger partial charge < -0.3 is 19.9 Å². The molecule has 0 aliphatic heterocycles. The summed E-state index contributed by atoms with van der Waals surface area (Å²) in [5.41, 5.74) is 2.98. The summed E-state index contributed by atoms with van der Waals surface area (Å²) >= 11 is 0. The number of carbonyl (C=O) groups excluding carboxylic acids is 1. The third kappa shape index (κ3) is 7.64. The Morgan fingerprint density at radius 2 is 1.68 bits per heavy atom. The highest BCUT2D eigenvalue weighted by Gasteiger charge is 2.07. The second-order valence-corrected chi connectivity index (χ2v) is 7.15. The van der Waals surface area contributed by atoms with E-state index < -0.39 is 6.10 Å². The number of para-hydroxylation sites is 1. The van der Waals surface area contributed by atoms with Crippen molar-refractivity contribution < 1.29 is 19.4 Å². The van der Waals surface area contributed by atoms with Gasteiger partial charge in [-0.3, -0.25) is 4.79 Å². The van der Waals surface area contributed by atoms with Gasteiger partial charge in [0, 0.05) is 12.6 Å². The minimum atomic E-state index is -0.794. The van der Waals surface area contributed by atoms with Crippen LogP contribution in [0.15, 0.2) is 84.9 Å². The molecule has 0 aliphatic carbocycles. The fraction of sp³-hybridized carbons (Fsp3) is 0.192. The van der Waals surface area contributed by atoms with E-state index in [1.165, 1.54) is 6.08 Å². The lowest BCUT2D eigenvalue weighted by atomic mass is 10.2. The summed E-state index contributed by atoms with van der Waals surface area (Å²) in [6.45, 7) is 2.67. The molecule has 3 aromatic carbocycles. The van der Waals surface area contributed by atoms with Gasteiger partial charge in [0.05, 0.1) is 0 Å². The van der Waals surface area contributed by atoms with Gasteiger partial charge in [-0.25, -0.2) is 0 Å². The summed E-state index contributed by atoms with van der Waals surface area (Å²) in [5, 5.41) is 12.7. The van der Waals surface area contributed by atoms with Crippen molar-refractivity contribution in [3.05, 3.63) is 102 Å². The third-order valence-electron chi connectivity index (χ3n) is 4.59. The SMILES string of the molecule is Cc1ccccc1OCC(O)CNC(=O)/C=C/c1ccc(OCc2ccccc2)cc1. The van der Waals surface area contributed by atoms with Gasteiger partial charge in [0.1, 0.15) is 30.8 Å². The van der Waals surface area contributed by atoms with Crippen LogP contribution >= 0.6 is 0 Å². The fourth-order valence-corrected chi connectivity index (χ4v) is 2.83. The van der Waals surface area contributed by atoms with Gasteiger partial charge in [0.2, 0.25) is 5.91 Å². The van der Waals surface area contributed by atoms with Crippen molar-refractivity contribution in [2.24, 2.45) is 0 Å². The molecule has 0 aromatic heterocycles. The Balaban J connectivity index is 1.38. The second kappa shape index (κ2) is 11.6. The molecule has 5 heteroatoms. The van der Waals surface area contributed by atoms with Crippen LogP contribution in [0, 0.1) is 6.92 Å². The normalized spacial score (nSPS) is 11.8. The Bertz CT molecular complexity index is 984. The first-order valence-corrected chi connectivity index (χ1v) is 10.2. The molecular weight excluding hydrogens is 390 g/mol. The summed E-state index contributed by atoms with van der Waals surface area (Å²) < 4.78 is 11.3. The Morgan fingerprint density at radius 3 is 2.42 bits per heavy atom. The second-order valence-electron chi connectivity index (χ2n) is 7.15. The average Bonchev–Trinajstić information content (AvgIpc) is 2.81. The van der Waals surface area contributed by atoms with E-state index in [-0.39, 0.29) is 19.1 Å². The number of aliphatic hydroxyl groups is 1. The summed E-state index contributed by atoms with van der Waals surface area (Å²) in [4.78, 5) is 12.0. The van der Waals surface area contributed by atoms with Gasteiger partial charge in [-0.05, 0) is 47.9 Å². The maximum atomic E-state index is 12.0. The summed E-state index contributed by atoms with van der Waals surface area (Å²) in [6, 6.07) is 25.1. The Morgan fingerprint density at radius 1 is 0.968 bits per heavy atom. The van der Waals surface area contributed by atoms with Gasteiger partial charge in [-0.2, -0.15) is 0 Å². The highest BCUT2D eigenvalue weighted by molar-refractivity contribution is 5.91. The van der Waals surface area contributed by atoms with Crippen molar-refractivity contribution in [3.8, 4) is 11.5 Å². The quantitative estimate of drug-likeness (QED) is 0.487. The zero-order chi connectivity index (χ0) is 21.9. The largest absolute Gasteiger partial charge is 0.491 e. The van der Waals surface area contributed by atoms with E-state index in [0.29, 0.717) is 6.61 Å². The highest BCUT2D eigenvalue weighted by atomic mass is 16.5. The molecule has 1 unspecified atom stereocenters. The maximum Gasteiger partial charge on any atom is 0.244 e. The van der Waals surface area contributed by atoms with Gasteiger partial charge in [-0.1, -0.05) is 60.7 Å². The van der Waals surface area contributed by atoms with Crippen molar-refractivity contribution in [1.82, 2.24) is 5.32 Å². The van der Waals surface area contributed by atoms with Crippen LogP contribution in [0.1, 0.15) is 16.7 Å². The van der Waals surface area contributed by atoms with Crippen molar-refractivity contribution in [1.29, 1.82) is 0 Å². The van der Waals surface area contributed by atoms with E-state index in [1.807, 2.05) is 85.8 Å². The van der Waals surface area contributed by atoms with Crippen LogP contribution in [0.25, 0.3) is 6.08 Å². The molecular formula is C26H27NO4. The molecule has 0 saturated carbocycles. The molecule has 5 nitrogen and oxygen atoms in total. The summed E-state index contributed by atoms with van der Waals surface area (Å²) in [7, 11) is 0. The van der Waals surface area contributed by atoms with Crippen molar-refractivity contribution >= 4 is 12.0 Å². The minimum absolute atomic E-state index is 0.110. The van der Waals surface area contributed by atoms with Crippen LogP contribution in [-0.2, 0) is 11.4 Å². The first kappa shape index (κ1) is 22.1. The average molecular weight is 418 g/mol. The number of aryl methyl sites for hydroxylation is 1. The monoisotopic (exact) mass is 417 g/mol. The zero-order valence-corrected chi connectivity index (χ0v) is 17.5. The molecule has 1 amide bonds. The molecule has 0 heterocycles. The highest BCUT2D eigenvalue weighted by Crippen LogP contribution is 2.16. The summed E-state index contributed by atoms with van der Waals surface area (Å²) in [6.07, 6.45) is 2.36. The molecule has 0 bridgehead atoms. The first-order valence-electron chi connectivity index (χ1n) is 10.2. The number of ether oxygens (including phenoxy) is 2. The van der Waals surface area contributed by atoms with Gasteiger partial charge >= 0.3 is 0 Å². The molecule has 1 atom stereocenters. The lowest BCUT2D eigenvalue weighted by Crippen LogP contribution is -2.34. The van der Waals surface area contributed by atoms with Gasteiger partial charge in [-0.15, -0.1) is 0 Å². The van der Waals surface area contributed by atoms with Gasteiger partial charge in [0.15, 0.2) is 0 Å². The number of rotatable bonds is 10. The van der Waals surface area contributed by atoms with E-state index in [4.69, 9.17) is 9.47 Å². The first-order chi connectivity index (χ1) is 15.1. The molecule has 0 fully saturated rings. The van der Waals surface area contributed by atoms with E-state index in [0.717, 1.165) is 28.2 Å². The van der Waals surface area contributed by atoms with Crippen LogP contribution in [0.2, 0.25) is 0 Å². The number of amides is 1. The predicted molar refractivity (Wildman–Crippen MR) is 122 cm³/mol. The lowest BCUT2D eigenvalue weighted by molar-refractivity contribution is -0.117. The third-order valence-corrected chi connectivity index (χ3v) is 4.59. The zero-order valence-electron chi connectivity index (χ0n) is 17.5. The van der Waals surface area contributed by atoms with Gasteiger partial charge in [0.25, 0.3) is 0 Å². The Labute approximate surface area is 183 Å². The van der Waals surface area contributed by atoms with Crippen LogP contribution in [0.5, 0.6) is 11.5 Å². The van der Waals surface area contributed by atoms with Crippen molar-refractivity contribution in [3.63, 3.8) is 0 Å². The fourth-order valence-electron chi connectivity index (χ4n) is 2.83. The van der Waals surface area contributed by atoms with E-state index >= 15 is 0 Å². The van der Waals surface area contributed by atoms with E-state index in [2.05, 4.69) is 5.32 Å². The lowest BCUT2D eigenvalue weighted by Gasteiger charge is -2.14. The van der Waals surface area contributed by atoms with Crippen LogP contribution < -0.4 is 14.8 Å². The topological polar surface area (TPSA) is 67.8 Å². The maximum absolute atomic E-state index is 12.0. The number of nitrogens with one attached hydrogen (secondary N) is 1. The molecule has 0 aliphatic rings. The number of benzene rings is 3. The number of aliphatic hydroxyl groups excluding tert-OH is 1. The molecule has 0 radical (unpaired) electrons. The molecule has 31 heavy (non-hydrogen) atoms. The Hall–Kier alpha value is -3.57. The molecule has 0 spiro atoms.